The van der Waals surface area contributed by atoms with Crippen molar-refractivity contribution in [1.29, 1.82) is 0 Å². The molecule has 1 fully saturated rings. The van der Waals surface area contributed by atoms with E-state index in [-0.39, 0.29) is 5.97 Å². The van der Waals surface area contributed by atoms with E-state index >= 15 is 0 Å². The zero-order valence-corrected chi connectivity index (χ0v) is 16.3. The molecular weight excluding hydrogens is 324 g/mol. The van der Waals surface area contributed by atoms with Crippen molar-refractivity contribution in [2.75, 3.05) is 46.5 Å². The summed E-state index contributed by atoms with van der Waals surface area (Å²) in [5.41, 5.74) is 0.675. The lowest BCUT2D eigenvalue weighted by Crippen LogP contribution is -2.30. The van der Waals surface area contributed by atoms with Gasteiger partial charge in [0.25, 0.3) is 0 Å². The van der Waals surface area contributed by atoms with E-state index in [1.54, 1.807) is 12.0 Å². The molecule has 1 N–H and O–H groups in total. The number of ether oxygens (including phenoxy) is 2. The molecule has 0 saturated carbocycles. The van der Waals surface area contributed by atoms with E-state index in [0.717, 1.165) is 51.9 Å². The highest BCUT2D eigenvalue weighted by Gasteiger charge is 2.09. The molecule has 0 unspecified atom stereocenters. The predicted molar refractivity (Wildman–Crippen MR) is 99.0 cm³/mol. The Morgan fingerprint density at radius 3 is 2.00 bits per heavy atom. The largest absolute Gasteiger partial charge is 0.466 e. The average Bonchev–Trinajstić information content (AvgIpc) is 2.67. The Hall–Kier alpha value is -1.70. The van der Waals surface area contributed by atoms with Crippen molar-refractivity contribution in [1.82, 2.24) is 10.4 Å². The van der Waals surface area contributed by atoms with Crippen LogP contribution in [-0.2, 0) is 23.9 Å². The zero-order chi connectivity index (χ0) is 19.5. The number of nitrogens with one attached hydrogen (secondary N) is 1. The number of methoxy groups -OCH3 is 1. The summed E-state index contributed by atoms with van der Waals surface area (Å²) in [5, 5.41) is 4.79. The van der Waals surface area contributed by atoms with Crippen LogP contribution in [0, 0.1) is 0 Å². The first-order valence-corrected chi connectivity index (χ1v) is 8.59. The van der Waals surface area contributed by atoms with Gasteiger partial charge < -0.3 is 19.6 Å². The summed E-state index contributed by atoms with van der Waals surface area (Å²) in [6.07, 6.45) is 3.84. The molecule has 1 aliphatic rings. The molecule has 1 heterocycles. The number of carbonyl (C=O) groups excluding carboxylic acids is 2. The lowest BCUT2D eigenvalue weighted by Gasteiger charge is -2.17. The Labute approximate surface area is 151 Å². The molecule has 7 nitrogen and oxygen atoms in total. The minimum Gasteiger partial charge on any atom is -0.466 e. The molecule has 1 aliphatic heterocycles. The van der Waals surface area contributed by atoms with Gasteiger partial charge in [-0.3, -0.25) is 0 Å². The molecular formula is C18H34N2O5. The van der Waals surface area contributed by atoms with E-state index in [1.165, 1.54) is 7.11 Å². The van der Waals surface area contributed by atoms with Crippen LogP contribution in [0.15, 0.2) is 24.3 Å². The molecule has 0 radical (unpaired) electrons. The predicted octanol–water partition coefficient (Wildman–Crippen LogP) is 2.09. The molecule has 0 aromatic rings. The molecule has 25 heavy (non-hydrogen) atoms. The van der Waals surface area contributed by atoms with Crippen LogP contribution in [0.3, 0.4) is 0 Å². The summed E-state index contributed by atoms with van der Waals surface area (Å²) in [4.78, 5) is 26.3. The van der Waals surface area contributed by atoms with Crippen LogP contribution in [-0.4, -0.2) is 63.5 Å². The molecule has 0 spiro atoms. The number of hydroxylamine groups is 2. The lowest BCUT2D eigenvalue weighted by molar-refractivity contribution is -0.183. The maximum Gasteiger partial charge on any atom is 0.352 e. The number of nitrogens with zero attached hydrogens (tertiary/aromatic N) is 1. The number of carbonyl (C=O) groups is 2. The van der Waals surface area contributed by atoms with Gasteiger partial charge in [0, 0.05) is 37.8 Å². The van der Waals surface area contributed by atoms with Crippen molar-refractivity contribution in [3.05, 3.63) is 24.3 Å². The summed E-state index contributed by atoms with van der Waals surface area (Å²) in [7, 11) is 1.31. The average molecular weight is 358 g/mol. The second-order valence-electron chi connectivity index (χ2n) is 4.88. The fraction of sp³-hybridized carbons (Fsp3) is 0.667. The SMILES string of the molecule is C1COCCN1.C=CC(=O)OC.CCC=C(C)C(=O)ON(CC)CC. The minimum atomic E-state index is -0.394. The summed E-state index contributed by atoms with van der Waals surface area (Å²) in [5.74, 6) is -0.638. The Kier molecular flexibility index (Phi) is 19.0. The highest BCUT2D eigenvalue weighted by molar-refractivity contribution is 5.87. The third kappa shape index (κ3) is 16.9. The second kappa shape index (κ2) is 18.6. The van der Waals surface area contributed by atoms with Crippen molar-refractivity contribution in [3.8, 4) is 0 Å². The fourth-order valence-corrected chi connectivity index (χ4v) is 1.53. The third-order valence-corrected chi connectivity index (χ3v) is 2.96. The number of morpholine rings is 1. The van der Waals surface area contributed by atoms with E-state index < -0.39 is 5.97 Å². The van der Waals surface area contributed by atoms with Crippen LogP contribution in [0.2, 0.25) is 0 Å². The van der Waals surface area contributed by atoms with Crippen LogP contribution in [0.1, 0.15) is 34.1 Å². The Bertz CT molecular complexity index is 377. The molecule has 0 aromatic carbocycles. The molecule has 146 valence electrons. The van der Waals surface area contributed by atoms with Gasteiger partial charge in [-0.05, 0) is 27.2 Å². The summed E-state index contributed by atoms with van der Waals surface area (Å²) in [6.45, 7) is 16.1. The zero-order valence-electron chi connectivity index (χ0n) is 16.3. The van der Waals surface area contributed by atoms with Crippen molar-refractivity contribution in [3.63, 3.8) is 0 Å². The molecule has 0 amide bonds. The maximum atomic E-state index is 11.3. The van der Waals surface area contributed by atoms with Crippen LogP contribution < -0.4 is 5.32 Å². The maximum absolute atomic E-state index is 11.3. The highest BCUT2D eigenvalue weighted by atomic mass is 16.7. The van der Waals surface area contributed by atoms with Gasteiger partial charge in [-0.15, -0.1) is 5.06 Å². The first kappa shape index (κ1) is 25.5. The van der Waals surface area contributed by atoms with Gasteiger partial charge >= 0.3 is 11.9 Å². The van der Waals surface area contributed by atoms with Crippen LogP contribution in [0.4, 0.5) is 0 Å². The van der Waals surface area contributed by atoms with E-state index in [1.807, 2.05) is 26.8 Å². The van der Waals surface area contributed by atoms with E-state index in [9.17, 15) is 9.59 Å². The van der Waals surface area contributed by atoms with Crippen molar-refractivity contribution in [2.24, 2.45) is 0 Å². The van der Waals surface area contributed by atoms with Gasteiger partial charge in [-0.1, -0.05) is 19.6 Å². The minimum absolute atomic E-state index is 0.245. The number of allylic oxidation sites excluding steroid dienone is 1. The quantitative estimate of drug-likeness (QED) is 0.442. The Balaban J connectivity index is 0. The second-order valence-corrected chi connectivity index (χ2v) is 4.88. The first-order valence-electron chi connectivity index (χ1n) is 8.59. The Morgan fingerprint density at radius 1 is 1.20 bits per heavy atom. The van der Waals surface area contributed by atoms with Gasteiger partial charge in [0.2, 0.25) is 0 Å². The first-order chi connectivity index (χ1) is 12.0. The fourth-order valence-electron chi connectivity index (χ4n) is 1.53. The van der Waals surface area contributed by atoms with Crippen molar-refractivity contribution < 1.29 is 23.9 Å². The van der Waals surface area contributed by atoms with E-state index in [2.05, 4.69) is 16.6 Å². The highest BCUT2D eigenvalue weighted by Crippen LogP contribution is 2.01. The summed E-state index contributed by atoms with van der Waals surface area (Å²) in [6, 6.07) is 0. The standard InChI is InChI=1S/C10H19NO2.C4H9NO.C4H6O2/c1-5-8-9(4)10(12)13-11(6-2)7-3;1-3-6-4-2-5-1;1-3-4(5)6-2/h8H,5-7H2,1-4H3;5H,1-4H2;3H,1H2,2H3. The summed E-state index contributed by atoms with van der Waals surface area (Å²) >= 11 is 0. The molecule has 1 saturated heterocycles. The number of rotatable bonds is 6. The monoisotopic (exact) mass is 358 g/mol. The van der Waals surface area contributed by atoms with E-state index in [0.29, 0.717) is 5.57 Å². The van der Waals surface area contributed by atoms with Crippen LogP contribution in [0.25, 0.3) is 0 Å². The summed E-state index contributed by atoms with van der Waals surface area (Å²) < 4.78 is 9.15. The van der Waals surface area contributed by atoms with Gasteiger partial charge in [0.1, 0.15) is 0 Å². The lowest BCUT2D eigenvalue weighted by atomic mass is 10.2. The number of hydrogen-bond acceptors (Lipinski definition) is 7. The number of hydrogen-bond donors (Lipinski definition) is 1. The smallest absolute Gasteiger partial charge is 0.352 e. The molecule has 0 aliphatic carbocycles. The molecule has 7 heteroatoms. The van der Waals surface area contributed by atoms with Gasteiger partial charge in [-0.2, -0.15) is 0 Å². The van der Waals surface area contributed by atoms with Crippen molar-refractivity contribution >= 4 is 11.9 Å². The Morgan fingerprint density at radius 2 is 1.76 bits per heavy atom. The topological polar surface area (TPSA) is 77.1 Å². The van der Waals surface area contributed by atoms with Crippen molar-refractivity contribution in [2.45, 2.75) is 34.1 Å². The van der Waals surface area contributed by atoms with E-state index in [4.69, 9.17) is 9.57 Å². The third-order valence-electron chi connectivity index (χ3n) is 2.96. The van der Waals surface area contributed by atoms with Gasteiger partial charge in [0.05, 0.1) is 20.3 Å². The van der Waals surface area contributed by atoms with Gasteiger partial charge in [0.15, 0.2) is 0 Å². The molecule has 0 bridgehead atoms. The molecule has 0 aromatic heterocycles. The molecule has 1 rings (SSSR count). The molecule has 0 atom stereocenters. The van der Waals surface area contributed by atoms with Crippen LogP contribution in [0.5, 0.6) is 0 Å². The number of esters is 1. The van der Waals surface area contributed by atoms with Gasteiger partial charge in [-0.25, -0.2) is 9.59 Å². The van der Waals surface area contributed by atoms with Crippen LogP contribution >= 0.6 is 0 Å². The normalized spacial score (nSPS) is 13.6.